The molecule has 0 fully saturated rings. The van der Waals surface area contributed by atoms with E-state index in [1.54, 1.807) is 13.2 Å². The quantitative estimate of drug-likeness (QED) is 0.444. The van der Waals surface area contributed by atoms with Gasteiger partial charge in [0.15, 0.2) is 0 Å². The molecule has 1 unspecified atom stereocenters. The molecule has 2 heterocycles. The Morgan fingerprint density at radius 1 is 1.21 bits per heavy atom. The maximum atomic E-state index is 11.7. The number of carbonyl (C=O) groups is 1. The molecule has 1 atom stereocenters. The van der Waals surface area contributed by atoms with Gasteiger partial charge < -0.3 is 4.42 Å². The van der Waals surface area contributed by atoms with Gasteiger partial charge in [0, 0.05) is 41.6 Å². The van der Waals surface area contributed by atoms with Gasteiger partial charge >= 0.3 is 0 Å². The molecule has 152 valence electrons. The van der Waals surface area contributed by atoms with E-state index >= 15 is 0 Å². The van der Waals surface area contributed by atoms with Gasteiger partial charge in [0.1, 0.15) is 11.5 Å². The molecule has 3 nitrogen and oxygen atoms in total. The SMILES string of the molecule is CC(=O)C(C)(C)CCCCCC(c1ccccc1Cl)N1CCc2occc2C1. The van der Waals surface area contributed by atoms with Crippen LogP contribution in [0.3, 0.4) is 0 Å². The zero-order valence-corrected chi connectivity index (χ0v) is 18.1. The zero-order chi connectivity index (χ0) is 20.1. The van der Waals surface area contributed by atoms with Crippen LogP contribution >= 0.6 is 11.6 Å². The van der Waals surface area contributed by atoms with Crippen molar-refractivity contribution in [2.75, 3.05) is 6.54 Å². The Labute approximate surface area is 174 Å². The lowest BCUT2D eigenvalue weighted by molar-refractivity contribution is -0.125. The molecule has 0 spiro atoms. The van der Waals surface area contributed by atoms with Crippen molar-refractivity contribution in [3.05, 3.63) is 58.5 Å². The summed E-state index contributed by atoms with van der Waals surface area (Å²) in [7, 11) is 0. The first-order valence-electron chi connectivity index (χ1n) is 10.4. The van der Waals surface area contributed by atoms with Crippen LogP contribution in [0.25, 0.3) is 0 Å². The predicted octanol–water partition coefficient (Wildman–Crippen LogP) is 6.60. The molecule has 0 saturated heterocycles. The molecule has 4 heteroatoms. The average molecular weight is 402 g/mol. The van der Waals surface area contributed by atoms with E-state index in [0.29, 0.717) is 6.04 Å². The number of fused-ring (bicyclic) bond motifs is 1. The van der Waals surface area contributed by atoms with E-state index in [1.165, 1.54) is 11.1 Å². The molecule has 0 amide bonds. The Morgan fingerprint density at radius 2 is 2.00 bits per heavy atom. The van der Waals surface area contributed by atoms with Crippen LogP contribution in [0.4, 0.5) is 0 Å². The Balaban J connectivity index is 1.63. The molecule has 28 heavy (non-hydrogen) atoms. The normalized spacial score (nSPS) is 16.0. The van der Waals surface area contributed by atoms with Gasteiger partial charge in [0.2, 0.25) is 0 Å². The summed E-state index contributed by atoms with van der Waals surface area (Å²) >= 11 is 6.57. The second kappa shape index (κ2) is 9.28. The van der Waals surface area contributed by atoms with E-state index in [0.717, 1.165) is 62.4 Å². The summed E-state index contributed by atoms with van der Waals surface area (Å²) in [4.78, 5) is 14.3. The topological polar surface area (TPSA) is 33.5 Å². The number of Topliss-reactive ketones (excluding diaryl/α,β-unsaturated/α-hetero) is 1. The smallest absolute Gasteiger partial charge is 0.135 e. The highest BCUT2D eigenvalue weighted by Gasteiger charge is 2.27. The molecular formula is C24H32ClNO2. The molecular weight excluding hydrogens is 370 g/mol. The van der Waals surface area contributed by atoms with Crippen LogP contribution in [-0.2, 0) is 17.8 Å². The summed E-state index contributed by atoms with van der Waals surface area (Å²) in [5.41, 5.74) is 2.32. The van der Waals surface area contributed by atoms with E-state index in [9.17, 15) is 4.79 Å². The van der Waals surface area contributed by atoms with Gasteiger partial charge in [-0.2, -0.15) is 0 Å². The lowest BCUT2D eigenvalue weighted by atomic mass is 9.83. The molecule has 2 aromatic rings. The molecule has 0 bridgehead atoms. The van der Waals surface area contributed by atoms with Crippen molar-refractivity contribution in [1.82, 2.24) is 4.90 Å². The lowest BCUT2D eigenvalue weighted by Gasteiger charge is -2.35. The number of benzene rings is 1. The van der Waals surface area contributed by atoms with Crippen molar-refractivity contribution in [3.8, 4) is 0 Å². The minimum atomic E-state index is -0.202. The first kappa shape index (κ1) is 21.1. The van der Waals surface area contributed by atoms with E-state index < -0.39 is 0 Å². The number of hydrogen-bond donors (Lipinski definition) is 0. The number of carbonyl (C=O) groups excluding carboxylic acids is 1. The third-order valence-electron chi connectivity index (χ3n) is 6.27. The van der Waals surface area contributed by atoms with Crippen LogP contribution in [0.2, 0.25) is 5.02 Å². The van der Waals surface area contributed by atoms with Crippen molar-refractivity contribution in [3.63, 3.8) is 0 Å². The largest absolute Gasteiger partial charge is 0.469 e. The van der Waals surface area contributed by atoms with Gasteiger partial charge in [-0.1, -0.05) is 62.9 Å². The second-order valence-electron chi connectivity index (χ2n) is 8.67. The Hall–Kier alpha value is -1.58. The van der Waals surface area contributed by atoms with E-state index in [1.807, 2.05) is 12.1 Å². The van der Waals surface area contributed by atoms with Gasteiger partial charge in [0.05, 0.1) is 6.26 Å². The van der Waals surface area contributed by atoms with Gasteiger partial charge in [0.25, 0.3) is 0 Å². The van der Waals surface area contributed by atoms with E-state index in [4.69, 9.17) is 16.0 Å². The van der Waals surface area contributed by atoms with Gasteiger partial charge in [-0.25, -0.2) is 0 Å². The molecule has 1 aliphatic rings. The zero-order valence-electron chi connectivity index (χ0n) is 17.3. The summed E-state index contributed by atoms with van der Waals surface area (Å²) in [6.07, 6.45) is 8.17. The highest BCUT2D eigenvalue weighted by molar-refractivity contribution is 6.31. The molecule has 1 aromatic carbocycles. The summed E-state index contributed by atoms with van der Waals surface area (Å²) in [6, 6.07) is 10.6. The molecule has 0 N–H and O–H groups in total. The highest BCUT2D eigenvalue weighted by atomic mass is 35.5. The van der Waals surface area contributed by atoms with Gasteiger partial charge in [-0.3, -0.25) is 9.69 Å². The summed E-state index contributed by atoms with van der Waals surface area (Å²) in [6.45, 7) is 7.72. The monoisotopic (exact) mass is 401 g/mol. The number of unbranched alkanes of at least 4 members (excludes halogenated alkanes) is 2. The molecule has 0 radical (unpaired) electrons. The average Bonchev–Trinajstić information content (AvgIpc) is 3.13. The first-order chi connectivity index (χ1) is 13.4. The summed E-state index contributed by atoms with van der Waals surface area (Å²) < 4.78 is 5.60. The van der Waals surface area contributed by atoms with Crippen LogP contribution in [0.5, 0.6) is 0 Å². The fourth-order valence-electron chi connectivity index (χ4n) is 4.07. The number of furan rings is 1. The highest BCUT2D eigenvalue weighted by Crippen LogP contribution is 2.35. The number of hydrogen-bond acceptors (Lipinski definition) is 3. The van der Waals surface area contributed by atoms with Crippen molar-refractivity contribution >= 4 is 17.4 Å². The van der Waals surface area contributed by atoms with Crippen molar-refractivity contribution < 1.29 is 9.21 Å². The van der Waals surface area contributed by atoms with Crippen LogP contribution in [0, 0.1) is 5.41 Å². The van der Waals surface area contributed by atoms with Crippen LogP contribution in [0.1, 0.15) is 75.8 Å². The maximum absolute atomic E-state index is 11.7. The number of rotatable bonds is 9. The molecule has 1 aliphatic heterocycles. The first-order valence-corrected chi connectivity index (χ1v) is 10.8. The molecule has 3 rings (SSSR count). The number of nitrogens with zero attached hydrogens (tertiary/aromatic N) is 1. The van der Waals surface area contributed by atoms with Crippen molar-refractivity contribution in [2.45, 2.75) is 71.9 Å². The van der Waals surface area contributed by atoms with Gasteiger partial charge in [-0.05, 0) is 37.5 Å². The summed E-state index contributed by atoms with van der Waals surface area (Å²) in [5, 5.41) is 0.850. The summed E-state index contributed by atoms with van der Waals surface area (Å²) in [5.74, 6) is 1.41. The van der Waals surface area contributed by atoms with Crippen LogP contribution in [0.15, 0.2) is 41.0 Å². The van der Waals surface area contributed by atoms with Crippen molar-refractivity contribution in [2.24, 2.45) is 5.41 Å². The maximum Gasteiger partial charge on any atom is 0.135 e. The third-order valence-corrected chi connectivity index (χ3v) is 6.62. The number of ketones is 1. The Morgan fingerprint density at radius 3 is 2.75 bits per heavy atom. The standard InChI is InChI=1S/C24H32ClNO2/c1-18(27)24(2,3)14-8-4-5-11-22(20-9-6-7-10-21(20)25)26-15-12-23-19(17-26)13-16-28-23/h6-7,9-10,13,16,22H,4-5,8,11-12,14-15,17H2,1-3H3. The molecule has 1 aromatic heterocycles. The minimum absolute atomic E-state index is 0.202. The van der Waals surface area contributed by atoms with Crippen LogP contribution < -0.4 is 0 Å². The number of halogens is 1. The Kier molecular flexibility index (Phi) is 7.00. The lowest BCUT2D eigenvalue weighted by Crippen LogP contribution is -2.34. The second-order valence-corrected chi connectivity index (χ2v) is 9.07. The fraction of sp³-hybridized carbons (Fsp3) is 0.542. The van der Waals surface area contributed by atoms with E-state index in [2.05, 4.69) is 36.9 Å². The predicted molar refractivity (Wildman–Crippen MR) is 115 cm³/mol. The molecule has 0 aliphatic carbocycles. The van der Waals surface area contributed by atoms with Gasteiger partial charge in [-0.15, -0.1) is 0 Å². The van der Waals surface area contributed by atoms with Crippen LogP contribution in [-0.4, -0.2) is 17.2 Å². The van der Waals surface area contributed by atoms with E-state index in [-0.39, 0.29) is 11.2 Å². The van der Waals surface area contributed by atoms with Crippen molar-refractivity contribution in [1.29, 1.82) is 0 Å². The fourth-order valence-corrected chi connectivity index (χ4v) is 4.34. The third kappa shape index (κ3) is 5.07. The Bertz CT molecular complexity index is 795. The minimum Gasteiger partial charge on any atom is -0.469 e. The molecule has 0 saturated carbocycles.